The molecule has 1 amide bonds. The normalized spacial score (nSPS) is 10.5. The summed E-state index contributed by atoms with van der Waals surface area (Å²) >= 11 is 3.06. The van der Waals surface area contributed by atoms with Crippen LogP contribution in [-0.2, 0) is 13.6 Å². The van der Waals surface area contributed by atoms with E-state index in [9.17, 15) is 9.18 Å². The van der Waals surface area contributed by atoms with Crippen molar-refractivity contribution in [2.45, 2.75) is 6.54 Å². The summed E-state index contributed by atoms with van der Waals surface area (Å²) in [6.07, 6.45) is 3.49. The van der Waals surface area contributed by atoms with Crippen LogP contribution in [0, 0.1) is 5.82 Å². The van der Waals surface area contributed by atoms with E-state index in [0.29, 0.717) is 16.6 Å². The van der Waals surface area contributed by atoms with Gasteiger partial charge in [0.1, 0.15) is 11.6 Å². The van der Waals surface area contributed by atoms with Crippen molar-refractivity contribution in [1.82, 2.24) is 14.5 Å². The van der Waals surface area contributed by atoms with E-state index in [1.54, 1.807) is 19.3 Å². The molecule has 0 bridgehead atoms. The zero-order valence-corrected chi connectivity index (χ0v) is 12.2. The molecule has 0 saturated heterocycles. The van der Waals surface area contributed by atoms with Crippen molar-refractivity contribution in [2.75, 3.05) is 7.05 Å². The maximum Gasteiger partial charge on any atom is 0.254 e. The predicted molar refractivity (Wildman–Crippen MR) is 73.1 cm³/mol. The molecule has 0 radical (unpaired) electrons. The minimum Gasteiger partial charge on any atom is -0.337 e. The average Bonchev–Trinajstić information content (AvgIpc) is 2.77. The second kappa shape index (κ2) is 5.52. The van der Waals surface area contributed by atoms with Crippen LogP contribution < -0.4 is 0 Å². The molecule has 0 unspecified atom stereocenters. The number of aromatic nitrogens is 2. The summed E-state index contributed by atoms with van der Waals surface area (Å²) in [4.78, 5) is 17.8. The minimum atomic E-state index is -0.448. The highest BCUT2D eigenvalue weighted by atomic mass is 79.9. The van der Waals surface area contributed by atoms with Gasteiger partial charge in [-0.1, -0.05) is 0 Å². The summed E-state index contributed by atoms with van der Waals surface area (Å²) in [5.74, 6) is 0.0825. The number of rotatable bonds is 3. The molecule has 0 fully saturated rings. The molecular formula is C13H13BrFN3O. The number of hydrogen-bond donors (Lipinski definition) is 0. The van der Waals surface area contributed by atoms with Gasteiger partial charge in [-0.15, -0.1) is 0 Å². The van der Waals surface area contributed by atoms with Crippen molar-refractivity contribution in [1.29, 1.82) is 0 Å². The molecule has 1 aromatic carbocycles. The quantitative estimate of drug-likeness (QED) is 0.870. The Hall–Kier alpha value is -1.69. The van der Waals surface area contributed by atoms with Gasteiger partial charge in [-0.2, -0.15) is 0 Å². The van der Waals surface area contributed by atoms with Crippen LogP contribution in [0.3, 0.4) is 0 Å². The van der Waals surface area contributed by atoms with Crippen LogP contribution in [0.5, 0.6) is 0 Å². The number of carbonyl (C=O) groups is 1. The lowest BCUT2D eigenvalue weighted by molar-refractivity contribution is 0.0780. The van der Waals surface area contributed by atoms with Crippen LogP contribution >= 0.6 is 15.9 Å². The van der Waals surface area contributed by atoms with Crippen molar-refractivity contribution >= 4 is 21.8 Å². The molecular weight excluding hydrogens is 313 g/mol. The molecule has 1 aromatic heterocycles. The van der Waals surface area contributed by atoms with Crippen molar-refractivity contribution in [3.63, 3.8) is 0 Å². The highest BCUT2D eigenvalue weighted by molar-refractivity contribution is 9.10. The molecule has 6 heteroatoms. The van der Waals surface area contributed by atoms with Gasteiger partial charge in [0.05, 0.1) is 11.0 Å². The summed E-state index contributed by atoms with van der Waals surface area (Å²) < 4.78 is 15.6. The number of halogens is 2. The molecule has 0 atom stereocenters. The minimum absolute atomic E-state index is 0.241. The average molecular weight is 326 g/mol. The third kappa shape index (κ3) is 3.01. The summed E-state index contributed by atoms with van der Waals surface area (Å²) in [6, 6.07) is 4.34. The monoisotopic (exact) mass is 325 g/mol. The van der Waals surface area contributed by atoms with E-state index in [4.69, 9.17) is 0 Å². The maximum absolute atomic E-state index is 13.4. The summed E-state index contributed by atoms with van der Waals surface area (Å²) in [6.45, 7) is 0.375. The van der Waals surface area contributed by atoms with E-state index in [-0.39, 0.29) is 5.91 Å². The predicted octanol–water partition coefficient (Wildman–Crippen LogP) is 2.59. The van der Waals surface area contributed by atoms with Gasteiger partial charge in [0, 0.05) is 32.1 Å². The van der Waals surface area contributed by atoms with E-state index >= 15 is 0 Å². The molecule has 0 spiro atoms. The summed E-state index contributed by atoms with van der Waals surface area (Å²) in [5, 5.41) is 0. The van der Waals surface area contributed by atoms with Gasteiger partial charge in [-0.3, -0.25) is 4.79 Å². The Morgan fingerprint density at radius 2 is 2.26 bits per heavy atom. The Bertz CT molecular complexity index is 612. The van der Waals surface area contributed by atoms with Crippen LogP contribution in [0.25, 0.3) is 0 Å². The first-order valence-electron chi connectivity index (χ1n) is 5.65. The number of nitrogens with zero attached hydrogens (tertiary/aromatic N) is 3. The maximum atomic E-state index is 13.4. The molecule has 4 nitrogen and oxygen atoms in total. The Morgan fingerprint density at radius 1 is 1.53 bits per heavy atom. The Labute approximate surface area is 119 Å². The standard InChI is InChI=1S/C13H13BrFN3O/c1-17-6-5-16-12(17)8-18(2)13(19)9-3-4-10(14)11(15)7-9/h3-7H,8H2,1-2H3. The van der Waals surface area contributed by atoms with Gasteiger partial charge in [-0.25, -0.2) is 9.37 Å². The molecule has 0 N–H and O–H groups in total. The van der Waals surface area contributed by atoms with Gasteiger partial charge in [0.25, 0.3) is 5.91 Å². The van der Waals surface area contributed by atoms with E-state index < -0.39 is 5.82 Å². The second-order valence-electron chi connectivity index (χ2n) is 4.24. The number of amides is 1. The van der Waals surface area contributed by atoms with Crippen molar-refractivity contribution in [3.8, 4) is 0 Å². The van der Waals surface area contributed by atoms with Crippen molar-refractivity contribution < 1.29 is 9.18 Å². The van der Waals surface area contributed by atoms with E-state index in [0.717, 1.165) is 5.82 Å². The Balaban J connectivity index is 2.15. The van der Waals surface area contributed by atoms with Gasteiger partial charge >= 0.3 is 0 Å². The first-order chi connectivity index (χ1) is 8.99. The fourth-order valence-electron chi connectivity index (χ4n) is 1.68. The van der Waals surface area contributed by atoms with E-state index in [1.165, 1.54) is 17.0 Å². The van der Waals surface area contributed by atoms with Crippen LogP contribution in [0.2, 0.25) is 0 Å². The van der Waals surface area contributed by atoms with Crippen molar-refractivity contribution in [3.05, 3.63) is 52.3 Å². The summed E-state index contributed by atoms with van der Waals surface area (Å²) in [5.41, 5.74) is 0.317. The fraction of sp³-hybridized carbons (Fsp3) is 0.231. The molecule has 0 saturated carbocycles. The lowest BCUT2D eigenvalue weighted by Gasteiger charge is -2.17. The van der Waals surface area contributed by atoms with Gasteiger partial charge in [0.2, 0.25) is 0 Å². The smallest absolute Gasteiger partial charge is 0.254 e. The highest BCUT2D eigenvalue weighted by Crippen LogP contribution is 2.17. The molecule has 2 aromatic rings. The third-order valence-electron chi connectivity index (χ3n) is 2.81. The first-order valence-corrected chi connectivity index (χ1v) is 6.45. The topological polar surface area (TPSA) is 38.1 Å². The summed E-state index contributed by atoms with van der Waals surface area (Å²) in [7, 11) is 3.52. The molecule has 2 rings (SSSR count). The fourth-order valence-corrected chi connectivity index (χ4v) is 1.93. The van der Waals surface area contributed by atoms with Crippen LogP contribution in [-0.4, -0.2) is 27.4 Å². The zero-order chi connectivity index (χ0) is 14.0. The molecule has 100 valence electrons. The third-order valence-corrected chi connectivity index (χ3v) is 3.46. The van der Waals surface area contributed by atoms with Crippen molar-refractivity contribution in [2.24, 2.45) is 7.05 Å². The van der Waals surface area contributed by atoms with Gasteiger partial charge in [-0.05, 0) is 34.1 Å². The first kappa shape index (κ1) is 13.7. The number of hydrogen-bond acceptors (Lipinski definition) is 2. The molecule has 0 aliphatic rings. The van der Waals surface area contributed by atoms with Crippen LogP contribution in [0.15, 0.2) is 35.1 Å². The largest absolute Gasteiger partial charge is 0.337 e. The Morgan fingerprint density at radius 3 is 2.84 bits per heavy atom. The number of carbonyl (C=O) groups excluding carboxylic acids is 1. The van der Waals surface area contributed by atoms with Gasteiger partial charge in [0.15, 0.2) is 0 Å². The number of benzene rings is 1. The van der Waals surface area contributed by atoms with Crippen LogP contribution in [0.1, 0.15) is 16.2 Å². The molecule has 0 aliphatic carbocycles. The lowest BCUT2D eigenvalue weighted by Crippen LogP contribution is -2.27. The second-order valence-corrected chi connectivity index (χ2v) is 5.10. The molecule has 1 heterocycles. The SMILES string of the molecule is CN(Cc1nccn1C)C(=O)c1ccc(Br)c(F)c1. The van der Waals surface area contributed by atoms with Gasteiger partial charge < -0.3 is 9.47 Å². The number of aryl methyl sites for hydroxylation is 1. The number of imidazole rings is 1. The lowest BCUT2D eigenvalue weighted by atomic mass is 10.2. The van der Waals surface area contributed by atoms with E-state index in [2.05, 4.69) is 20.9 Å². The van der Waals surface area contributed by atoms with Crippen LogP contribution in [0.4, 0.5) is 4.39 Å². The Kier molecular flexibility index (Phi) is 3.99. The van der Waals surface area contributed by atoms with E-state index in [1.807, 2.05) is 17.8 Å². The molecule has 19 heavy (non-hydrogen) atoms. The zero-order valence-electron chi connectivity index (χ0n) is 10.6. The molecule has 0 aliphatic heterocycles. The highest BCUT2D eigenvalue weighted by Gasteiger charge is 2.15.